The Hall–Kier alpha value is -3.42. The van der Waals surface area contributed by atoms with Crippen molar-refractivity contribution in [2.45, 2.75) is 26.3 Å². The summed E-state index contributed by atoms with van der Waals surface area (Å²) in [5.41, 5.74) is 4.83. The molecule has 0 N–H and O–H groups in total. The predicted octanol–water partition coefficient (Wildman–Crippen LogP) is 4.96. The summed E-state index contributed by atoms with van der Waals surface area (Å²) in [6, 6.07) is 11.0. The average Bonchev–Trinajstić information content (AvgIpc) is 2.74. The van der Waals surface area contributed by atoms with Crippen LogP contribution in [0.5, 0.6) is 17.2 Å². The lowest BCUT2D eigenvalue weighted by Crippen LogP contribution is -2.26. The fourth-order valence-electron chi connectivity index (χ4n) is 4.02. The predicted molar refractivity (Wildman–Crippen MR) is 110 cm³/mol. The Kier molecular flexibility index (Phi) is 5.16. The Morgan fingerprint density at radius 2 is 1.61 bits per heavy atom. The summed E-state index contributed by atoms with van der Waals surface area (Å²) in [7, 11) is 3.05. The molecule has 8 heteroatoms. The zero-order valence-corrected chi connectivity index (χ0v) is 17.2. The van der Waals surface area contributed by atoms with Gasteiger partial charge in [0.15, 0.2) is 0 Å². The molecular weight excluding hydrogens is 411 g/mol. The van der Waals surface area contributed by atoms with E-state index in [1.165, 1.54) is 32.4 Å². The molecule has 0 aliphatic carbocycles. The highest BCUT2D eigenvalue weighted by Crippen LogP contribution is 2.41. The van der Waals surface area contributed by atoms with Crippen LogP contribution < -0.4 is 19.8 Å². The molecule has 0 unspecified atom stereocenters. The number of aromatic nitrogens is 1. The van der Waals surface area contributed by atoms with Gasteiger partial charge < -0.3 is 18.8 Å². The summed E-state index contributed by atoms with van der Waals surface area (Å²) in [6.45, 7) is 2.43. The van der Waals surface area contributed by atoms with Gasteiger partial charge in [0.1, 0.15) is 17.2 Å². The van der Waals surface area contributed by atoms with E-state index < -0.39 is 6.36 Å². The fraction of sp³-hybridized carbons (Fsp3) is 0.261. The van der Waals surface area contributed by atoms with E-state index in [-0.39, 0.29) is 11.3 Å². The molecule has 0 saturated heterocycles. The van der Waals surface area contributed by atoms with E-state index in [0.29, 0.717) is 30.0 Å². The molecule has 0 radical (unpaired) electrons. The van der Waals surface area contributed by atoms with Crippen molar-refractivity contribution >= 4 is 0 Å². The minimum Gasteiger partial charge on any atom is -0.496 e. The zero-order chi connectivity index (χ0) is 22.3. The Labute approximate surface area is 176 Å². The number of hydrogen-bond donors (Lipinski definition) is 0. The van der Waals surface area contributed by atoms with Crippen molar-refractivity contribution in [3.63, 3.8) is 0 Å². The van der Waals surface area contributed by atoms with Crippen molar-refractivity contribution in [2.75, 3.05) is 14.2 Å². The average molecular weight is 431 g/mol. The molecule has 0 atom stereocenters. The van der Waals surface area contributed by atoms with Gasteiger partial charge in [-0.05, 0) is 48.7 Å². The highest BCUT2D eigenvalue weighted by molar-refractivity contribution is 5.80. The summed E-state index contributed by atoms with van der Waals surface area (Å²) in [6.07, 6.45) is -4.10. The van der Waals surface area contributed by atoms with Crippen LogP contribution in [0.25, 0.3) is 22.4 Å². The van der Waals surface area contributed by atoms with Crippen molar-refractivity contribution < 1.29 is 27.4 Å². The molecule has 2 aromatic carbocycles. The summed E-state index contributed by atoms with van der Waals surface area (Å²) in [5.74, 6) is 0.781. The van der Waals surface area contributed by atoms with Crippen LogP contribution in [0.1, 0.15) is 11.1 Å². The first-order valence-electron chi connectivity index (χ1n) is 9.57. The number of benzene rings is 2. The lowest BCUT2D eigenvalue weighted by atomic mass is 9.90. The molecule has 0 amide bonds. The smallest absolute Gasteiger partial charge is 0.496 e. The molecule has 1 aliphatic rings. The molecule has 0 saturated carbocycles. The van der Waals surface area contributed by atoms with Crippen LogP contribution >= 0.6 is 0 Å². The van der Waals surface area contributed by atoms with Crippen LogP contribution in [-0.4, -0.2) is 25.1 Å². The third kappa shape index (κ3) is 3.85. The molecular formula is C23H20F3NO4. The van der Waals surface area contributed by atoms with E-state index in [1.54, 1.807) is 16.7 Å². The first-order chi connectivity index (χ1) is 14.7. The number of aryl methyl sites for hydroxylation is 1. The molecule has 31 heavy (non-hydrogen) atoms. The number of fused-ring (bicyclic) bond motifs is 3. The highest BCUT2D eigenvalue weighted by atomic mass is 19.4. The minimum atomic E-state index is -4.74. The number of hydrogen-bond acceptors (Lipinski definition) is 4. The topological polar surface area (TPSA) is 49.7 Å². The number of rotatable bonds is 4. The maximum Gasteiger partial charge on any atom is 0.573 e. The van der Waals surface area contributed by atoms with E-state index in [2.05, 4.69) is 4.74 Å². The van der Waals surface area contributed by atoms with Crippen LogP contribution in [0.3, 0.4) is 0 Å². The molecule has 0 spiro atoms. The van der Waals surface area contributed by atoms with E-state index in [0.717, 1.165) is 27.9 Å². The number of alkyl halides is 3. The molecule has 3 aromatic rings. The summed E-state index contributed by atoms with van der Waals surface area (Å²) >= 11 is 0. The van der Waals surface area contributed by atoms with Gasteiger partial charge in [-0.25, -0.2) is 0 Å². The van der Waals surface area contributed by atoms with Gasteiger partial charge in [0.25, 0.3) is 5.56 Å². The van der Waals surface area contributed by atoms with Crippen LogP contribution in [0.2, 0.25) is 0 Å². The Morgan fingerprint density at radius 1 is 0.935 bits per heavy atom. The number of nitrogens with zero attached hydrogens (tertiary/aromatic N) is 1. The van der Waals surface area contributed by atoms with Crippen molar-refractivity contribution in [3.8, 4) is 39.6 Å². The zero-order valence-electron chi connectivity index (χ0n) is 17.2. The second-order valence-electron chi connectivity index (χ2n) is 7.21. The number of ether oxygens (including phenoxy) is 3. The number of methoxy groups -OCH3 is 2. The number of pyridine rings is 1. The van der Waals surface area contributed by atoms with Gasteiger partial charge in [0.05, 0.1) is 19.9 Å². The van der Waals surface area contributed by atoms with Crippen molar-refractivity contribution in [3.05, 3.63) is 63.9 Å². The van der Waals surface area contributed by atoms with E-state index >= 15 is 0 Å². The molecule has 1 aliphatic heterocycles. The second kappa shape index (κ2) is 7.68. The van der Waals surface area contributed by atoms with E-state index in [1.807, 2.05) is 19.1 Å². The third-order valence-electron chi connectivity index (χ3n) is 5.42. The molecule has 2 heterocycles. The minimum absolute atomic E-state index is 0.133. The Bertz CT molecular complexity index is 1200. The maximum atomic E-state index is 12.5. The van der Waals surface area contributed by atoms with E-state index in [9.17, 15) is 18.0 Å². The lowest BCUT2D eigenvalue weighted by Gasteiger charge is -2.26. The first-order valence-corrected chi connectivity index (χ1v) is 9.57. The monoisotopic (exact) mass is 431 g/mol. The van der Waals surface area contributed by atoms with Crippen LogP contribution in [0.15, 0.2) is 47.3 Å². The van der Waals surface area contributed by atoms with Gasteiger partial charge >= 0.3 is 6.36 Å². The SMILES string of the molecule is COc1cc2c(cc1-c1ccc(OC(F)(F)F)cc1)CCn1c-2c(C)c(OC)cc1=O. The molecule has 5 nitrogen and oxygen atoms in total. The maximum absolute atomic E-state index is 12.5. The van der Waals surface area contributed by atoms with Crippen LogP contribution in [-0.2, 0) is 13.0 Å². The number of halogens is 3. The lowest BCUT2D eigenvalue weighted by molar-refractivity contribution is -0.274. The van der Waals surface area contributed by atoms with Gasteiger partial charge in [-0.2, -0.15) is 0 Å². The van der Waals surface area contributed by atoms with Gasteiger partial charge in [-0.1, -0.05) is 12.1 Å². The van der Waals surface area contributed by atoms with Gasteiger partial charge in [0, 0.05) is 29.3 Å². The molecule has 4 rings (SSSR count). The first kappa shape index (κ1) is 20.8. The van der Waals surface area contributed by atoms with Crippen molar-refractivity contribution in [1.29, 1.82) is 0 Å². The summed E-state index contributed by atoms with van der Waals surface area (Å²) in [4.78, 5) is 12.5. The van der Waals surface area contributed by atoms with Gasteiger partial charge in [0.2, 0.25) is 0 Å². The van der Waals surface area contributed by atoms with E-state index in [4.69, 9.17) is 9.47 Å². The largest absolute Gasteiger partial charge is 0.573 e. The second-order valence-corrected chi connectivity index (χ2v) is 7.21. The van der Waals surface area contributed by atoms with Gasteiger partial charge in [-0.15, -0.1) is 13.2 Å². The standard InChI is InChI=1S/C23H20F3NO4/c1-13-19(29-2)12-21(28)27-9-8-15-10-17(20(30-3)11-18(15)22(13)27)14-4-6-16(7-5-14)31-23(24,25)26/h4-7,10-12H,8-9H2,1-3H3. The van der Waals surface area contributed by atoms with Crippen molar-refractivity contribution in [2.24, 2.45) is 0 Å². The fourth-order valence-corrected chi connectivity index (χ4v) is 4.02. The van der Waals surface area contributed by atoms with Crippen LogP contribution in [0.4, 0.5) is 13.2 Å². The molecule has 0 fully saturated rings. The summed E-state index contributed by atoms with van der Waals surface area (Å²) < 4.78 is 53.9. The molecule has 1 aromatic heterocycles. The Balaban J connectivity index is 1.82. The third-order valence-corrected chi connectivity index (χ3v) is 5.42. The Morgan fingerprint density at radius 3 is 2.23 bits per heavy atom. The van der Waals surface area contributed by atoms with Crippen molar-refractivity contribution in [1.82, 2.24) is 4.57 Å². The quantitative estimate of drug-likeness (QED) is 0.586. The van der Waals surface area contributed by atoms with Crippen LogP contribution in [0, 0.1) is 6.92 Å². The highest BCUT2D eigenvalue weighted by Gasteiger charge is 2.31. The van der Waals surface area contributed by atoms with Gasteiger partial charge in [-0.3, -0.25) is 4.79 Å². The molecule has 0 bridgehead atoms. The normalized spacial score (nSPS) is 12.7. The summed E-state index contributed by atoms with van der Waals surface area (Å²) in [5, 5.41) is 0. The molecule has 162 valence electrons.